The molecule has 1 saturated heterocycles. The summed E-state index contributed by atoms with van der Waals surface area (Å²) >= 11 is 6.32. The van der Waals surface area contributed by atoms with Crippen LogP contribution in [0.5, 0.6) is 5.75 Å². The highest BCUT2D eigenvalue weighted by atomic mass is 32.2. The third kappa shape index (κ3) is 3.46. The molecule has 1 amide bonds. The number of pyridine rings is 1. The first-order chi connectivity index (χ1) is 13.0. The highest BCUT2D eigenvalue weighted by Gasteiger charge is 2.22. The second kappa shape index (κ2) is 7.13. The largest absolute Gasteiger partial charge is 0.496 e. The number of nitrogens with one attached hydrogen (secondary N) is 1. The van der Waals surface area contributed by atoms with Crippen molar-refractivity contribution in [2.75, 3.05) is 7.11 Å². The Balaban J connectivity index is 1.85. The smallest absolute Gasteiger partial charge is 0.263 e. The number of benzene rings is 2. The number of thioether (sulfide) groups is 1. The monoisotopic (exact) mass is 392 g/mol. The Morgan fingerprint density at radius 2 is 2.00 bits per heavy atom. The highest BCUT2D eigenvalue weighted by molar-refractivity contribution is 8.26. The molecule has 3 aromatic rings. The standard InChI is InChI=1S/C21H16N2O2S2/c1-12-9-14-5-3-4-6-16(14)22-19(12)15-10-13(7-8-17(15)25-2)11-18-20(24)23-21(26)27-18/h3-11H,1-2H3,(H,23,24,26)/b18-11-. The zero-order valence-corrected chi connectivity index (χ0v) is 16.4. The van der Waals surface area contributed by atoms with E-state index in [1.54, 1.807) is 7.11 Å². The molecule has 1 fully saturated rings. The zero-order valence-electron chi connectivity index (χ0n) is 14.8. The van der Waals surface area contributed by atoms with Crippen LogP contribution in [-0.4, -0.2) is 22.3 Å². The Morgan fingerprint density at radius 3 is 2.74 bits per heavy atom. The second-order valence-electron chi connectivity index (χ2n) is 6.16. The van der Waals surface area contributed by atoms with Crippen LogP contribution in [0.4, 0.5) is 0 Å². The van der Waals surface area contributed by atoms with Gasteiger partial charge in [0.2, 0.25) is 0 Å². The quantitative estimate of drug-likeness (QED) is 0.517. The SMILES string of the molecule is COc1ccc(/C=C2\SC(=S)NC2=O)cc1-c1nc2ccccc2cc1C. The summed E-state index contributed by atoms with van der Waals surface area (Å²) in [4.78, 5) is 17.4. The lowest BCUT2D eigenvalue weighted by atomic mass is 10.0. The fourth-order valence-corrected chi connectivity index (χ4v) is 4.11. The van der Waals surface area contributed by atoms with Gasteiger partial charge in [0.1, 0.15) is 10.1 Å². The van der Waals surface area contributed by atoms with E-state index in [-0.39, 0.29) is 5.91 Å². The van der Waals surface area contributed by atoms with Crippen LogP contribution in [0.1, 0.15) is 11.1 Å². The molecule has 2 heterocycles. The molecule has 6 heteroatoms. The molecular weight excluding hydrogens is 376 g/mol. The van der Waals surface area contributed by atoms with E-state index in [1.807, 2.05) is 49.4 Å². The maximum absolute atomic E-state index is 11.9. The summed E-state index contributed by atoms with van der Waals surface area (Å²) in [5.41, 5.74) is 4.64. The van der Waals surface area contributed by atoms with E-state index in [1.165, 1.54) is 11.8 Å². The third-order valence-corrected chi connectivity index (χ3v) is 5.50. The van der Waals surface area contributed by atoms with Crippen LogP contribution >= 0.6 is 24.0 Å². The van der Waals surface area contributed by atoms with Gasteiger partial charge in [0, 0.05) is 10.9 Å². The molecule has 0 radical (unpaired) electrons. The molecule has 4 rings (SSSR count). The number of aryl methyl sites for hydroxylation is 1. The van der Waals surface area contributed by atoms with Gasteiger partial charge in [0.25, 0.3) is 5.91 Å². The van der Waals surface area contributed by atoms with Crippen LogP contribution in [0.25, 0.3) is 28.2 Å². The number of fused-ring (bicyclic) bond motifs is 1. The molecule has 0 aliphatic carbocycles. The number of nitrogens with zero attached hydrogens (tertiary/aromatic N) is 1. The Kier molecular flexibility index (Phi) is 4.68. The second-order valence-corrected chi connectivity index (χ2v) is 7.88. The van der Waals surface area contributed by atoms with Crippen molar-refractivity contribution in [1.29, 1.82) is 0 Å². The summed E-state index contributed by atoms with van der Waals surface area (Å²) in [7, 11) is 1.64. The predicted octanol–water partition coefficient (Wildman–Crippen LogP) is 4.71. The van der Waals surface area contributed by atoms with Crippen molar-refractivity contribution in [3.05, 3.63) is 64.6 Å². The number of carbonyl (C=O) groups is 1. The van der Waals surface area contributed by atoms with Crippen molar-refractivity contribution in [1.82, 2.24) is 10.3 Å². The average Bonchev–Trinajstić information content (AvgIpc) is 2.98. The summed E-state index contributed by atoms with van der Waals surface area (Å²) in [5, 5.41) is 3.74. The summed E-state index contributed by atoms with van der Waals surface area (Å²) in [6, 6.07) is 16.0. The van der Waals surface area contributed by atoms with E-state index >= 15 is 0 Å². The summed E-state index contributed by atoms with van der Waals surface area (Å²) < 4.78 is 6.04. The van der Waals surface area contributed by atoms with Crippen LogP contribution < -0.4 is 10.1 Å². The van der Waals surface area contributed by atoms with Crippen molar-refractivity contribution in [3.63, 3.8) is 0 Å². The van der Waals surface area contributed by atoms with Gasteiger partial charge in [-0.25, -0.2) is 4.98 Å². The molecule has 27 heavy (non-hydrogen) atoms. The van der Waals surface area contributed by atoms with Crippen LogP contribution in [0, 0.1) is 6.92 Å². The average molecular weight is 393 g/mol. The summed E-state index contributed by atoms with van der Waals surface area (Å²) in [5.74, 6) is 0.574. The lowest BCUT2D eigenvalue weighted by Crippen LogP contribution is -2.17. The lowest BCUT2D eigenvalue weighted by molar-refractivity contribution is -0.115. The lowest BCUT2D eigenvalue weighted by Gasteiger charge is -2.12. The molecule has 134 valence electrons. The molecule has 2 aromatic carbocycles. The number of hydrogen-bond acceptors (Lipinski definition) is 5. The molecule has 4 nitrogen and oxygen atoms in total. The van der Waals surface area contributed by atoms with Crippen molar-refractivity contribution >= 4 is 51.2 Å². The minimum absolute atomic E-state index is 0.164. The maximum Gasteiger partial charge on any atom is 0.263 e. The number of amides is 1. The van der Waals surface area contributed by atoms with Crippen molar-refractivity contribution in [3.8, 4) is 17.0 Å². The van der Waals surface area contributed by atoms with Gasteiger partial charge >= 0.3 is 0 Å². The summed E-state index contributed by atoms with van der Waals surface area (Å²) in [6.07, 6.45) is 1.83. The van der Waals surface area contributed by atoms with Crippen molar-refractivity contribution in [2.24, 2.45) is 0 Å². The van der Waals surface area contributed by atoms with Gasteiger partial charge in [-0.2, -0.15) is 0 Å². The predicted molar refractivity (Wildman–Crippen MR) is 115 cm³/mol. The fraction of sp³-hybridized carbons (Fsp3) is 0.0952. The third-order valence-electron chi connectivity index (χ3n) is 4.33. The normalized spacial score (nSPS) is 15.4. The Bertz CT molecular complexity index is 1120. The van der Waals surface area contributed by atoms with Crippen molar-refractivity contribution in [2.45, 2.75) is 6.92 Å². The molecule has 1 aromatic heterocycles. The number of thiocarbonyl (C=S) groups is 1. The van der Waals surface area contributed by atoms with Gasteiger partial charge in [-0.1, -0.05) is 48.2 Å². The Morgan fingerprint density at radius 1 is 1.19 bits per heavy atom. The Hall–Kier alpha value is -2.70. The van der Waals surface area contributed by atoms with Crippen molar-refractivity contribution < 1.29 is 9.53 Å². The van der Waals surface area contributed by atoms with E-state index < -0.39 is 0 Å². The Labute approximate surface area is 166 Å². The first kappa shape index (κ1) is 17.7. The minimum Gasteiger partial charge on any atom is -0.496 e. The van der Waals surface area contributed by atoms with Crippen LogP contribution in [0.2, 0.25) is 0 Å². The van der Waals surface area contributed by atoms with Crippen LogP contribution in [-0.2, 0) is 4.79 Å². The number of methoxy groups -OCH3 is 1. The van der Waals surface area contributed by atoms with Crippen LogP contribution in [0.3, 0.4) is 0 Å². The number of hydrogen-bond donors (Lipinski definition) is 1. The van der Waals surface area contributed by atoms with Gasteiger partial charge < -0.3 is 10.1 Å². The topological polar surface area (TPSA) is 51.2 Å². The molecule has 1 aliphatic rings. The van der Waals surface area contributed by atoms with Gasteiger partial charge in [-0.3, -0.25) is 4.79 Å². The summed E-state index contributed by atoms with van der Waals surface area (Å²) in [6.45, 7) is 2.04. The van der Waals surface area contributed by atoms with E-state index in [0.29, 0.717) is 9.23 Å². The first-order valence-electron chi connectivity index (χ1n) is 8.35. The van der Waals surface area contributed by atoms with Gasteiger partial charge in [-0.15, -0.1) is 0 Å². The molecule has 0 saturated carbocycles. The van der Waals surface area contributed by atoms with Gasteiger partial charge in [0.05, 0.1) is 23.2 Å². The number of aromatic nitrogens is 1. The van der Waals surface area contributed by atoms with E-state index in [4.69, 9.17) is 21.9 Å². The molecule has 0 atom stereocenters. The van der Waals surface area contributed by atoms with Crippen LogP contribution in [0.15, 0.2) is 53.4 Å². The zero-order chi connectivity index (χ0) is 19.0. The first-order valence-corrected chi connectivity index (χ1v) is 9.57. The number of rotatable bonds is 3. The number of ether oxygens (including phenoxy) is 1. The number of para-hydroxylation sites is 1. The van der Waals surface area contributed by atoms with E-state index in [0.717, 1.165) is 39.0 Å². The molecule has 1 N–H and O–H groups in total. The maximum atomic E-state index is 11.9. The highest BCUT2D eigenvalue weighted by Crippen LogP contribution is 2.35. The minimum atomic E-state index is -0.164. The molecule has 0 unspecified atom stereocenters. The van der Waals surface area contributed by atoms with Gasteiger partial charge in [0.15, 0.2) is 0 Å². The van der Waals surface area contributed by atoms with E-state index in [2.05, 4.69) is 17.4 Å². The molecule has 0 spiro atoms. The molecule has 1 aliphatic heterocycles. The fourth-order valence-electron chi connectivity index (χ4n) is 3.07. The van der Waals surface area contributed by atoms with Gasteiger partial charge in [-0.05, 0) is 48.4 Å². The van der Waals surface area contributed by atoms with E-state index in [9.17, 15) is 4.79 Å². The molecule has 0 bridgehead atoms. The number of carbonyl (C=O) groups excluding carboxylic acids is 1. The molecular formula is C21H16N2O2S2.